The van der Waals surface area contributed by atoms with Crippen molar-refractivity contribution in [2.75, 3.05) is 9.62 Å². The molecule has 1 aliphatic heterocycles. The summed E-state index contributed by atoms with van der Waals surface area (Å²) in [5.74, 6) is -0.518. The summed E-state index contributed by atoms with van der Waals surface area (Å²) in [6.45, 7) is 3.87. The maximum Gasteiger partial charge on any atom is 0.261 e. The number of aryl methyl sites for hydroxylation is 2. The predicted molar refractivity (Wildman–Crippen MR) is 99.5 cm³/mol. The van der Waals surface area contributed by atoms with Gasteiger partial charge in [0.15, 0.2) is 0 Å². The molecule has 0 unspecified atom stereocenters. The number of hydrogen-bond donors (Lipinski definition) is 1. The molecule has 136 valence electrons. The molecule has 2 amide bonds. The van der Waals surface area contributed by atoms with Gasteiger partial charge in [-0.15, -0.1) is 0 Å². The quantitative estimate of drug-likeness (QED) is 0.836. The van der Waals surface area contributed by atoms with Crippen LogP contribution in [0.5, 0.6) is 0 Å². The first kappa shape index (κ1) is 18.1. The van der Waals surface area contributed by atoms with E-state index in [0.717, 1.165) is 16.0 Å². The van der Waals surface area contributed by atoms with Crippen molar-refractivity contribution in [2.45, 2.75) is 38.0 Å². The van der Waals surface area contributed by atoms with Crippen molar-refractivity contribution in [1.82, 2.24) is 0 Å². The maximum absolute atomic E-state index is 12.6. The lowest BCUT2D eigenvalue weighted by Gasteiger charge is -2.24. The Kier molecular flexibility index (Phi) is 4.82. The minimum atomic E-state index is -3.76. The Balaban J connectivity index is 1.83. The summed E-state index contributed by atoms with van der Waals surface area (Å²) in [7, 11) is -3.76. The summed E-state index contributed by atoms with van der Waals surface area (Å²) >= 11 is 0. The van der Waals surface area contributed by atoms with Crippen LogP contribution in [0.3, 0.4) is 0 Å². The molecule has 0 aromatic heterocycles. The van der Waals surface area contributed by atoms with Crippen molar-refractivity contribution >= 4 is 33.2 Å². The fourth-order valence-electron chi connectivity index (χ4n) is 2.83. The van der Waals surface area contributed by atoms with Gasteiger partial charge in [-0.05, 0) is 67.8 Å². The summed E-state index contributed by atoms with van der Waals surface area (Å²) in [6.07, 6.45) is 1.20. The van der Waals surface area contributed by atoms with Gasteiger partial charge in [-0.2, -0.15) is 0 Å². The number of imide groups is 1. The molecule has 1 fully saturated rings. The van der Waals surface area contributed by atoms with Crippen LogP contribution in [-0.2, 0) is 19.6 Å². The molecule has 2 aromatic carbocycles. The molecule has 7 heteroatoms. The molecule has 1 aliphatic rings. The number of carbonyl (C=O) groups is 2. The summed E-state index contributed by atoms with van der Waals surface area (Å²) in [6, 6.07) is 11.1. The summed E-state index contributed by atoms with van der Waals surface area (Å²) in [5.41, 5.74) is 2.94. The van der Waals surface area contributed by atoms with Gasteiger partial charge in [0.2, 0.25) is 11.8 Å². The maximum atomic E-state index is 12.6. The smallest absolute Gasteiger partial charge is 0.261 e. The largest absolute Gasteiger partial charge is 0.280 e. The summed E-state index contributed by atoms with van der Waals surface area (Å²) in [4.78, 5) is 25.1. The predicted octanol–water partition coefficient (Wildman–Crippen LogP) is 3.15. The summed E-state index contributed by atoms with van der Waals surface area (Å²) in [5, 5.41) is 0. The number of sulfonamides is 1. The molecule has 1 saturated heterocycles. The number of nitrogens with zero attached hydrogens (tertiary/aromatic N) is 1. The Labute approximate surface area is 152 Å². The van der Waals surface area contributed by atoms with Gasteiger partial charge in [0.25, 0.3) is 10.0 Å². The Hall–Kier alpha value is -2.67. The highest BCUT2D eigenvalue weighted by Crippen LogP contribution is 2.25. The number of piperidine rings is 1. The number of rotatable bonds is 4. The molecule has 3 rings (SSSR count). The summed E-state index contributed by atoms with van der Waals surface area (Å²) < 4.78 is 27.7. The Morgan fingerprint density at radius 3 is 2.08 bits per heavy atom. The third kappa shape index (κ3) is 3.62. The van der Waals surface area contributed by atoms with Crippen LogP contribution >= 0.6 is 0 Å². The second-order valence-electron chi connectivity index (χ2n) is 6.37. The first-order chi connectivity index (χ1) is 12.3. The van der Waals surface area contributed by atoms with Gasteiger partial charge in [0.1, 0.15) is 0 Å². The van der Waals surface area contributed by atoms with E-state index in [2.05, 4.69) is 4.72 Å². The van der Waals surface area contributed by atoms with E-state index >= 15 is 0 Å². The van der Waals surface area contributed by atoms with E-state index < -0.39 is 10.0 Å². The van der Waals surface area contributed by atoms with E-state index in [1.54, 1.807) is 12.1 Å². The molecule has 0 atom stereocenters. The highest BCUT2D eigenvalue weighted by molar-refractivity contribution is 7.92. The first-order valence-electron chi connectivity index (χ1n) is 8.34. The molecule has 0 bridgehead atoms. The fraction of sp³-hybridized carbons (Fsp3) is 0.263. The topological polar surface area (TPSA) is 83.6 Å². The van der Waals surface area contributed by atoms with E-state index in [1.165, 1.54) is 24.3 Å². The van der Waals surface area contributed by atoms with Gasteiger partial charge in [-0.1, -0.05) is 6.07 Å². The lowest BCUT2D eigenvalue weighted by atomic mass is 10.1. The third-order valence-electron chi connectivity index (χ3n) is 4.44. The van der Waals surface area contributed by atoms with E-state index in [4.69, 9.17) is 0 Å². The van der Waals surface area contributed by atoms with Crippen LogP contribution < -0.4 is 9.62 Å². The molecule has 26 heavy (non-hydrogen) atoms. The molecule has 2 aromatic rings. The number of amides is 2. The van der Waals surface area contributed by atoms with Crippen molar-refractivity contribution in [3.8, 4) is 0 Å². The van der Waals surface area contributed by atoms with E-state index in [0.29, 0.717) is 30.6 Å². The van der Waals surface area contributed by atoms with Gasteiger partial charge in [0.05, 0.1) is 10.6 Å². The van der Waals surface area contributed by atoms with Gasteiger partial charge >= 0.3 is 0 Å². The van der Waals surface area contributed by atoms with Crippen molar-refractivity contribution in [1.29, 1.82) is 0 Å². The van der Waals surface area contributed by atoms with Gasteiger partial charge in [0, 0.05) is 18.5 Å². The van der Waals surface area contributed by atoms with Crippen LogP contribution in [0, 0.1) is 13.8 Å². The minimum absolute atomic E-state index is 0.0661. The van der Waals surface area contributed by atoms with E-state index in [9.17, 15) is 18.0 Å². The van der Waals surface area contributed by atoms with Gasteiger partial charge in [-0.3, -0.25) is 19.2 Å². The average Bonchev–Trinajstić information content (AvgIpc) is 2.58. The SMILES string of the molecule is Cc1ccc(NS(=O)(=O)c2ccc(N3C(=O)CCCC3=O)cc2)cc1C. The number of nitrogens with one attached hydrogen (secondary N) is 1. The second-order valence-corrected chi connectivity index (χ2v) is 8.06. The molecule has 0 spiro atoms. The third-order valence-corrected chi connectivity index (χ3v) is 5.84. The highest BCUT2D eigenvalue weighted by Gasteiger charge is 2.27. The number of anilines is 2. The van der Waals surface area contributed by atoms with Crippen LogP contribution in [0.2, 0.25) is 0 Å². The Morgan fingerprint density at radius 2 is 1.50 bits per heavy atom. The molecule has 0 saturated carbocycles. The Morgan fingerprint density at radius 1 is 0.885 bits per heavy atom. The molecule has 0 aliphatic carbocycles. The van der Waals surface area contributed by atoms with E-state index in [-0.39, 0.29) is 16.7 Å². The van der Waals surface area contributed by atoms with Crippen LogP contribution in [0.4, 0.5) is 11.4 Å². The monoisotopic (exact) mass is 372 g/mol. The first-order valence-corrected chi connectivity index (χ1v) is 9.82. The molecular weight excluding hydrogens is 352 g/mol. The number of hydrogen-bond acceptors (Lipinski definition) is 4. The number of carbonyl (C=O) groups excluding carboxylic acids is 2. The van der Waals surface area contributed by atoms with Crippen LogP contribution in [0.15, 0.2) is 47.4 Å². The van der Waals surface area contributed by atoms with Crippen molar-refractivity contribution in [2.24, 2.45) is 0 Å². The van der Waals surface area contributed by atoms with Crippen LogP contribution in [-0.4, -0.2) is 20.2 Å². The Bertz CT molecular complexity index is 950. The second kappa shape index (κ2) is 6.92. The normalized spacial score (nSPS) is 15.2. The molecule has 6 nitrogen and oxygen atoms in total. The standard InChI is InChI=1S/C19H20N2O4S/c1-13-6-7-15(12-14(13)2)20-26(24,25)17-10-8-16(9-11-17)21-18(22)4-3-5-19(21)23/h6-12,20H,3-5H2,1-2H3. The molecule has 0 radical (unpaired) electrons. The minimum Gasteiger partial charge on any atom is -0.280 e. The average molecular weight is 372 g/mol. The molecular formula is C19H20N2O4S. The van der Waals surface area contributed by atoms with Crippen LogP contribution in [0.1, 0.15) is 30.4 Å². The zero-order valence-corrected chi connectivity index (χ0v) is 15.5. The van der Waals surface area contributed by atoms with Crippen molar-refractivity contribution in [3.63, 3.8) is 0 Å². The van der Waals surface area contributed by atoms with Crippen molar-refractivity contribution in [3.05, 3.63) is 53.6 Å². The fourth-order valence-corrected chi connectivity index (χ4v) is 3.88. The highest BCUT2D eigenvalue weighted by atomic mass is 32.2. The van der Waals surface area contributed by atoms with Gasteiger partial charge < -0.3 is 0 Å². The zero-order valence-electron chi connectivity index (χ0n) is 14.7. The number of benzene rings is 2. The molecule has 1 heterocycles. The zero-order chi connectivity index (χ0) is 18.9. The van der Waals surface area contributed by atoms with Gasteiger partial charge in [-0.25, -0.2) is 8.42 Å². The van der Waals surface area contributed by atoms with Crippen LogP contribution in [0.25, 0.3) is 0 Å². The lowest BCUT2D eigenvalue weighted by molar-refractivity contribution is -0.129. The van der Waals surface area contributed by atoms with E-state index in [1.807, 2.05) is 19.9 Å². The van der Waals surface area contributed by atoms with Crippen molar-refractivity contribution < 1.29 is 18.0 Å². The molecule has 1 N–H and O–H groups in total. The lowest BCUT2D eigenvalue weighted by Crippen LogP contribution is -2.40.